The minimum atomic E-state index is -4.50. The van der Waals surface area contributed by atoms with Crippen molar-refractivity contribution in [3.05, 3.63) is 45.5 Å². The first-order valence-electron chi connectivity index (χ1n) is 3.40. The van der Waals surface area contributed by atoms with E-state index in [1.807, 2.05) is 0 Å². The normalized spacial score (nSPS) is 13.9. The van der Waals surface area contributed by atoms with Gasteiger partial charge in [0.1, 0.15) is 5.41 Å². The van der Waals surface area contributed by atoms with Gasteiger partial charge in [-0.25, -0.2) is 0 Å². The highest BCUT2D eigenvalue weighted by Gasteiger charge is 2.12. The van der Waals surface area contributed by atoms with E-state index in [1.165, 1.54) is 13.0 Å². The Kier molecular flexibility index (Phi) is 4.19. The molecule has 0 amide bonds. The Morgan fingerprint density at radius 1 is 1.57 bits per heavy atom. The fourth-order valence-corrected chi connectivity index (χ4v) is 1.03. The average Bonchev–Trinajstić information content (AvgIpc) is 2.00. The molecule has 0 atom stereocenters. The van der Waals surface area contributed by atoms with E-state index in [-0.39, 0.29) is 5.41 Å². The summed E-state index contributed by atoms with van der Waals surface area (Å²) >= 11 is 0. The van der Waals surface area contributed by atoms with Crippen LogP contribution in [0.25, 0.3) is 0 Å². The van der Waals surface area contributed by atoms with Crippen molar-refractivity contribution in [2.75, 3.05) is 0 Å². The number of nitrogens with zero attached hydrogens (tertiary/aromatic N) is 1. The highest BCUT2D eigenvalue weighted by Crippen LogP contribution is 2.06. The monoisotopic (exact) mass is 219 g/mol. The Labute approximate surface area is 81.1 Å². The summed E-state index contributed by atoms with van der Waals surface area (Å²) in [6.45, 7) is 4.85. The molecule has 0 aliphatic heterocycles. The van der Waals surface area contributed by atoms with Crippen molar-refractivity contribution in [3.63, 3.8) is 0 Å². The standard InChI is InChI=1S/C7H9NO5S/c1-3-6(2)4-7(8(9)10)5-14(11,12)13/h3-5H,1H2,2H3,(H,11,12,13). The lowest BCUT2D eigenvalue weighted by Crippen LogP contribution is -2.01. The van der Waals surface area contributed by atoms with Crippen LogP contribution < -0.4 is 0 Å². The van der Waals surface area contributed by atoms with Crippen molar-refractivity contribution in [1.29, 1.82) is 0 Å². The molecule has 6 nitrogen and oxygen atoms in total. The summed E-state index contributed by atoms with van der Waals surface area (Å²) in [5, 5.41) is 10.5. The van der Waals surface area contributed by atoms with Gasteiger partial charge in [-0.05, 0) is 12.5 Å². The van der Waals surface area contributed by atoms with Gasteiger partial charge in [0.05, 0.1) is 4.92 Å². The second-order valence-corrected chi connectivity index (χ2v) is 3.67. The quantitative estimate of drug-likeness (QED) is 0.330. The van der Waals surface area contributed by atoms with Crippen LogP contribution in [0.2, 0.25) is 0 Å². The molecule has 0 aromatic carbocycles. The summed E-state index contributed by atoms with van der Waals surface area (Å²) in [7, 11) is -4.50. The molecule has 7 heteroatoms. The molecule has 0 bridgehead atoms. The maximum absolute atomic E-state index is 10.3. The molecule has 1 N–H and O–H groups in total. The van der Waals surface area contributed by atoms with Gasteiger partial charge in [0.2, 0.25) is 0 Å². The highest BCUT2D eigenvalue weighted by molar-refractivity contribution is 7.88. The predicted octanol–water partition coefficient (Wildman–Crippen LogP) is 1.12. The van der Waals surface area contributed by atoms with Gasteiger partial charge in [0.15, 0.2) is 0 Å². The van der Waals surface area contributed by atoms with Crippen LogP contribution in [-0.4, -0.2) is 17.9 Å². The lowest BCUT2D eigenvalue weighted by molar-refractivity contribution is -0.418. The average molecular weight is 219 g/mol. The molecule has 0 aromatic heterocycles. The molecule has 14 heavy (non-hydrogen) atoms. The highest BCUT2D eigenvalue weighted by atomic mass is 32.2. The molecule has 0 spiro atoms. The molecule has 0 aliphatic carbocycles. The molecule has 0 aromatic rings. The Morgan fingerprint density at radius 3 is 2.36 bits per heavy atom. The van der Waals surface area contributed by atoms with Crippen LogP contribution in [0.5, 0.6) is 0 Å². The van der Waals surface area contributed by atoms with E-state index >= 15 is 0 Å². The smallest absolute Gasteiger partial charge is 0.282 e. The molecular weight excluding hydrogens is 210 g/mol. The Hall–Kier alpha value is -1.47. The molecule has 0 unspecified atom stereocenters. The van der Waals surface area contributed by atoms with Crippen molar-refractivity contribution in [2.45, 2.75) is 6.92 Å². The maximum Gasteiger partial charge on any atom is 0.294 e. The molecule has 78 valence electrons. The second kappa shape index (κ2) is 4.68. The Bertz CT molecular complexity index is 404. The van der Waals surface area contributed by atoms with Gasteiger partial charge < -0.3 is 0 Å². The summed E-state index contributed by atoms with van der Waals surface area (Å²) in [5.74, 6) is 0. The first-order valence-corrected chi connectivity index (χ1v) is 4.91. The van der Waals surface area contributed by atoms with Crippen LogP contribution in [0.4, 0.5) is 0 Å². The third kappa shape index (κ3) is 5.22. The zero-order chi connectivity index (χ0) is 11.4. The maximum atomic E-state index is 10.3. The summed E-state index contributed by atoms with van der Waals surface area (Å²) in [6, 6.07) is 0. The molecule has 0 heterocycles. The van der Waals surface area contributed by atoms with Crippen molar-refractivity contribution in [3.8, 4) is 0 Å². The lowest BCUT2D eigenvalue weighted by atomic mass is 10.2. The third-order valence-corrected chi connectivity index (χ3v) is 1.72. The van der Waals surface area contributed by atoms with E-state index in [9.17, 15) is 18.5 Å². The van der Waals surface area contributed by atoms with Crippen molar-refractivity contribution >= 4 is 10.1 Å². The fraction of sp³-hybridized carbons (Fsp3) is 0.143. The molecule has 0 fully saturated rings. The van der Waals surface area contributed by atoms with Gasteiger partial charge in [-0.2, -0.15) is 8.42 Å². The largest absolute Gasteiger partial charge is 0.294 e. The van der Waals surface area contributed by atoms with Gasteiger partial charge in [-0.3, -0.25) is 14.7 Å². The van der Waals surface area contributed by atoms with Crippen LogP contribution in [0, 0.1) is 10.1 Å². The first-order chi connectivity index (χ1) is 6.26. The summed E-state index contributed by atoms with van der Waals surface area (Å²) in [6.07, 6.45) is 2.31. The van der Waals surface area contributed by atoms with Crippen LogP contribution in [0.3, 0.4) is 0 Å². The molecule has 0 saturated carbocycles. The molecule has 0 rings (SSSR count). The van der Waals surface area contributed by atoms with E-state index in [0.29, 0.717) is 5.57 Å². The fourth-order valence-electron chi connectivity index (χ4n) is 0.575. The predicted molar refractivity (Wildman–Crippen MR) is 50.6 cm³/mol. The zero-order valence-electron chi connectivity index (χ0n) is 7.37. The van der Waals surface area contributed by atoms with Crippen LogP contribution in [0.15, 0.2) is 35.4 Å². The van der Waals surface area contributed by atoms with Crippen LogP contribution in [-0.2, 0) is 10.1 Å². The SMILES string of the molecule is C=CC(C)=CC(=CS(=O)(=O)O)[N+](=O)[O-]. The summed E-state index contributed by atoms with van der Waals surface area (Å²) < 4.78 is 29.0. The van der Waals surface area contributed by atoms with Gasteiger partial charge in [0, 0.05) is 6.08 Å². The number of hydrogen-bond acceptors (Lipinski definition) is 4. The molecular formula is C7H9NO5S. The second-order valence-electron chi connectivity index (χ2n) is 2.41. The zero-order valence-corrected chi connectivity index (χ0v) is 8.19. The van der Waals surface area contributed by atoms with E-state index in [1.54, 1.807) is 0 Å². The number of nitro groups is 1. The molecule has 0 aliphatic rings. The molecule has 0 radical (unpaired) electrons. The number of hydrogen-bond donors (Lipinski definition) is 1. The van der Waals surface area contributed by atoms with Crippen LogP contribution in [0.1, 0.15) is 6.92 Å². The van der Waals surface area contributed by atoms with Crippen molar-refractivity contribution < 1.29 is 17.9 Å². The minimum absolute atomic E-state index is 0.167. The van der Waals surface area contributed by atoms with E-state index in [2.05, 4.69) is 6.58 Å². The first kappa shape index (κ1) is 12.5. The number of rotatable bonds is 4. The van der Waals surface area contributed by atoms with Crippen molar-refractivity contribution in [1.82, 2.24) is 0 Å². The van der Waals surface area contributed by atoms with Gasteiger partial charge in [0.25, 0.3) is 15.8 Å². The topological polar surface area (TPSA) is 97.5 Å². The summed E-state index contributed by atoms with van der Waals surface area (Å²) in [5.41, 5.74) is -0.304. The Balaban J connectivity index is 5.30. The Morgan fingerprint density at radius 2 is 2.07 bits per heavy atom. The minimum Gasteiger partial charge on any atom is -0.282 e. The van der Waals surface area contributed by atoms with Gasteiger partial charge >= 0.3 is 0 Å². The van der Waals surface area contributed by atoms with E-state index < -0.39 is 20.7 Å². The molecule has 0 saturated heterocycles. The third-order valence-electron chi connectivity index (χ3n) is 1.18. The van der Waals surface area contributed by atoms with Gasteiger partial charge in [-0.1, -0.05) is 12.7 Å². The number of allylic oxidation sites excluding steroid dienone is 3. The van der Waals surface area contributed by atoms with E-state index in [0.717, 1.165) is 6.08 Å². The van der Waals surface area contributed by atoms with E-state index in [4.69, 9.17) is 4.55 Å². The van der Waals surface area contributed by atoms with Crippen LogP contribution >= 0.6 is 0 Å². The van der Waals surface area contributed by atoms with Gasteiger partial charge in [-0.15, -0.1) is 0 Å². The lowest BCUT2D eigenvalue weighted by Gasteiger charge is -1.92. The van der Waals surface area contributed by atoms with Crippen molar-refractivity contribution in [2.24, 2.45) is 0 Å². The summed E-state index contributed by atoms with van der Waals surface area (Å²) in [4.78, 5) is 9.40.